The van der Waals surface area contributed by atoms with Gasteiger partial charge in [-0.1, -0.05) is 62.4 Å². The second-order valence-electron chi connectivity index (χ2n) is 12.5. The molecule has 1 aliphatic carbocycles. The first-order valence-electron chi connectivity index (χ1n) is 15.8. The number of hydrogen-bond donors (Lipinski definition) is 4. The number of fused-ring (bicyclic) bond motifs is 2. The van der Waals surface area contributed by atoms with Crippen molar-refractivity contribution >= 4 is 44.3 Å². The summed E-state index contributed by atoms with van der Waals surface area (Å²) in [5.41, 5.74) is 2.96. The van der Waals surface area contributed by atoms with Gasteiger partial charge in [-0.2, -0.15) is 8.42 Å². The number of nitrogens with zero attached hydrogens (tertiary/aromatic N) is 2. The second kappa shape index (κ2) is 13.8. The highest BCUT2D eigenvalue weighted by Gasteiger charge is 2.41. The molecule has 0 saturated carbocycles. The van der Waals surface area contributed by atoms with Crippen LogP contribution in [0.1, 0.15) is 50.8 Å². The van der Waals surface area contributed by atoms with Crippen LogP contribution in [-0.4, -0.2) is 80.4 Å². The molecule has 0 bridgehead atoms. The highest BCUT2D eigenvalue weighted by Crippen LogP contribution is 2.34. The van der Waals surface area contributed by atoms with Crippen molar-refractivity contribution in [2.45, 2.75) is 69.1 Å². The third-order valence-electron chi connectivity index (χ3n) is 9.19. The number of rotatable bonds is 9. The molecule has 0 spiro atoms. The van der Waals surface area contributed by atoms with Crippen LogP contribution in [0.2, 0.25) is 0 Å². The first-order valence-corrected chi connectivity index (χ1v) is 17.2. The summed E-state index contributed by atoms with van der Waals surface area (Å²) in [5, 5.41) is 9.99. The normalized spacial score (nSPS) is 19.8. The summed E-state index contributed by atoms with van der Waals surface area (Å²) in [7, 11) is -2.80. The summed E-state index contributed by atoms with van der Waals surface area (Å²) in [6.07, 6.45) is 2.65. The molecular weight excluding hydrogens is 606 g/mol. The summed E-state index contributed by atoms with van der Waals surface area (Å²) >= 11 is 0. The smallest absolute Gasteiger partial charge is 0.295 e. The van der Waals surface area contributed by atoms with Gasteiger partial charge in [0.05, 0.1) is 12.1 Å². The maximum Gasteiger partial charge on any atom is 0.295 e. The zero-order chi connectivity index (χ0) is 33.2. The predicted molar refractivity (Wildman–Crippen MR) is 177 cm³/mol. The lowest BCUT2D eigenvalue weighted by atomic mass is 9.87. The van der Waals surface area contributed by atoms with Gasteiger partial charge in [0.1, 0.15) is 17.0 Å². The standard InChI is InChI=1S/C34H43N5O6S/c1-21(2)31(37-32(40)22(3)35-4)34(42)39-19-18-38(28-16-8-14-26-25(28)13-9-17-30(26)46(43,44)45)20-29(39)33(41)36-27-15-7-11-23-10-5-6-12-24(23)27/h5-6,8-10,12-14,16-17,21-22,27,29,31,35H,7,11,15,18-20H2,1-4H3,(H,36,41)(H,37,40)(H,43,44,45). The molecule has 4 unspecified atom stereocenters. The van der Waals surface area contributed by atoms with Crippen LogP contribution >= 0.6 is 0 Å². The maximum absolute atomic E-state index is 14.2. The quantitative estimate of drug-likeness (QED) is 0.259. The van der Waals surface area contributed by atoms with Crippen LogP contribution in [0.15, 0.2) is 65.6 Å². The van der Waals surface area contributed by atoms with Gasteiger partial charge in [0.2, 0.25) is 17.7 Å². The zero-order valence-corrected chi connectivity index (χ0v) is 27.5. The van der Waals surface area contributed by atoms with Crippen molar-refractivity contribution < 1.29 is 27.4 Å². The van der Waals surface area contributed by atoms with Crippen molar-refractivity contribution in [3.8, 4) is 0 Å². The number of carbonyl (C=O) groups excluding carboxylic acids is 3. The number of amides is 3. The van der Waals surface area contributed by atoms with Crippen molar-refractivity contribution in [2.75, 3.05) is 31.6 Å². The van der Waals surface area contributed by atoms with Gasteiger partial charge in [0, 0.05) is 36.1 Å². The van der Waals surface area contributed by atoms with Gasteiger partial charge in [0.25, 0.3) is 10.1 Å². The number of benzene rings is 3. The fraction of sp³-hybridized carbons (Fsp3) is 0.441. The Balaban J connectivity index is 1.49. The third-order valence-corrected chi connectivity index (χ3v) is 10.1. The summed E-state index contributed by atoms with van der Waals surface area (Å²) in [4.78, 5) is 44.6. The van der Waals surface area contributed by atoms with Crippen molar-refractivity contribution in [1.82, 2.24) is 20.9 Å². The minimum absolute atomic E-state index is 0.146. The fourth-order valence-corrected chi connectivity index (χ4v) is 7.23. The first-order chi connectivity index (χ1) is 21.9. The highest BCUT2D eigenvalue weighted by molar-refractivity contribution is 7.86. The van der Waals surface area contributed by atoms with Crippen LogP contribution in [0.25, 0.3) is 10.8 Å². The largest absolute Gasteiger partial charge is 0.367 e. The third kappa shape index (κ3) is 6.89. The van der Waals surface area contributed by atoms with Gasteiger partial charge in [-0.25, -0.2) is 0 Å². The van der Waals surface area contributed by atoms with Crippen LogP contribution < -0.4 is 20.9 Å². The van der Waals surface area contributed by atoms with E-state index in [1.165, 1.54) is 11.6 Å². The fourth-order valence-electron chi connectivity index (χ4n) is 6.53. The van der Waals surface area contributed by atoms with Crippen molar-refractivity contribution in [3.05, 3.63) is 71.8 Å². The predicted octanol–water partition coefficient (Wildman–Crippen LogP) is 3.05. The lowest BCUT2D eigenvalue weighted by Crippen LogP contribution is -2.65. The lowest BCUT2D eigenvalue weighted by molar-refractivity contribution is -0.145. The Morgan fingerprint density at radius 2 is 1.65 bits per heavy atom. The SMILES string of the molecule is CNC(C)C(=O)NC(C(=O)N1CCN(c2cccc3c(S(=O)(=O)O)cccc23)CC1C(=O)NC1CCCc2ccccc21)C(C)C. The van der Waals surface area contributed by atoms with E-state index in [0.717, 1.165) is 24.8 Å². The van der Waals surface area contributed by atoms with E-state index >= 15 is 0 Å². The van der Waals surface area contributed by atoms with Crippen LogP contribution in [-0.2, 0) is 30.9 Å². The van der Waals surface area contributed by atoms with Crippen LogP contribution in [0.4, 0.5) is 5.69 Å². The van der Waals surface area contributed by atoms with Crippen LogP contribution in [0.5, 0.6) is 0 Å². The van der Waals surface area contributed by atoms with Gasteiger partial charge in [-0.3, -0.25) is 18.9 Å². The van der Waals surface area contributed by atoms with Gasteiger partial charge >= 0.3 is 0 Å². The van der Waals surface area contributed by atoms with E-state index in [4.69, 9.17) is 0 Å². The molecule has 1 fully saturated rings. The summed E-state index contributed by atoms with van der Waals surface area (Å²) in [6.45, 7) is 6.15. The van der Waals surface area contributed by atoms with E-state index in [-0.39, 0.29) is 47.7 Å². The number of likely N-dealkylation sites (N-methyl/N-ethyl adjacent to an activating group) is 1. The van der Waals surface area contributed by atoms with E-state index in [9.17, 15) is 27.4 Å². The van der Waals surface area contributed by atoms with Crippen molar-refractivity contribution in [1.29, 1.82) is 0 Å². The molecule has 1 saturated heterocycles. The van der Waals surface area contributed by atoms with E-state index in [1.54, 1.807) is 43.1 Å². The van der Waals surface area contributed by atoms with Crippen LogP contribution in [0, 0.1) is 5.92 Å². The molecule has 0 radical (unpaired) electrons. The van der Waals surface area contributed by atoms with E-state index < -0.39 is 28.2 Å². The molecule has 246 valence electrons. The Hall–Kier alpha value is -4.00. The van der Waals surface area contributed by atoms with E-state index in [2.05, 4.69) is 22.0 Å². The number of hydrogen-bond acceptors (Lipinski definition) is 7. The van der Waals surface area contributed by atoms with Gasteiger partial charge in [-0.15, -0.1) is 0 Å². The summed E-state index contributed by atoms with van der Waals surface area (Å²) in [6, 6.07) is 15.5. The maximum atomic E-state index is 14.2. The van der Waals surface area contributed by atoms with Crippen molar-refractivity contribution in [3.63, 3.8) is 0 Å². The van der Waals surface area contributed by atoms with Crippen LogP contribution in [0.3, 0.4) is 0 Å². The number of nitrogens with one attached hydrogen (secondary N) is 3. The number of anilines is 1. The van der Waals surface area contributed by atoms with Gasteiger partial charge in [0.15, 0.2) is 0 Å². The summed E-state index contributed by atoms with van der Waals surface area (Å²) in [5.74, 6) is -1.17. The number of aryl methyl sites for hydroxylation is 1. The molecule has 2 aliphatic rings. The Morgan fingerprint density at radius 3 is 2.37 bits per heavy atom. The molecule has 46 heavy (non-hydrogen) atoms. The van der Waals surface area contributed by atoms with Crippen molar-refractivity contribution in [2.24, 2.45) is 5.92 Å². The Labute approximate surface area is 270 Å². The van der Waals surface area contributed by atoms with Gasteiger partial charge in [-0.05, 0) is 62.4 Å². The topological polar surface area (TPSA) is 148 Å². The average Bonchev–Trinajstić information content (AvgIpc) is 3.05. The van der Waals surface area contributed by atoms with E-state index in [1.807, 2.05) is 43.0 Å². The molecule has 11 nitrogen and oxygen atoms in total. The first kappa shape index (κ1) is 33.4. The van der Waals surface area contributed by atoms with Gasteiger partial charge < -0.3 is 25.8 Å². The monoisotopic (exact) mass is 649 g/mol. The molecular formula is C34H43N5O6S. The molecule has 5 rings (SSSR count). The lowest BCUT2D eigenvalue weighted by Gasteiger charge is -2.44. The number of piperazine rings is 1. The molecule has 3 aromatic carbocycles. The highest BCUT2D eigenvalue weighted by atomic mass is 32.2. The number of carbonyl (C=O) groups is 3. The zero-order valence-electron chi connectivity index (χ0n) is 26.7. The Bertz CT molecular complexity index is 1730. The summed E-state index contributed by atoms with van der Waals surface area (Å²) < 4.78 is 34.1. The molecule has 0 aromatic heterocycles. The van der Waals surface area contributed by atoms with E-state index in [0.29, 0.717) is 23.0 Å². The molecule has 3 aromatic rings. The molecule has 1 heterocycles. The minimum Gasteiger partial charge on any atom is -0.367 e. The molecule has 1 aliphatic heterocycles. The minimum atomic E-state index is -4.47. The molecule has 12 heteroatoms. The molecule has 4 N–H and O–H groups in total. The second-order valence-corrected chi connectivity index (χ2v) is 13.9. The Kier molecular flexibility index (Phi) is 9.99. The molecule has 3 amide bonds. The Morgan fingerprint density at radius 1 is 0.935 bits per heavy atom. The average molecular weight is 650 g/mol. The molecule has 4 atom stereocenters.